The average Bonchev–Trinajstić information content (AvgIpc) is 2.44. The summed E-state index contributed by atoms with van der Waals surface area (Å²) in [4.78, 5) is 16.1. The van der Waals surface area contributed by atoms with Crippen LogP contribution in [0.5, 0.6) is 0 Å². The van der Waals surface area contributed by atoms with Crippen molar-refractivity contribution in [2.45, 2.75) is 20.3 Å². The van der Waals surface area contributed by atoms with E-state index in [0.29, 0.717) is 30.5 Å². The Morgan fingerprint density at radius 1 is 1.32 bits per heavy atom. The molecule has 0 heterocycles. The van der Waals surface area contributed by atoms with Crippen molar-refractivity contribution >= 4 is 51.8 Å². The lowest BCUT2D eigenvalue weighted by Crippen LogP contribution is -2.34. The Balaban J connectivity index is 0.00000441. The first-order chi connectivity index (χ1) is 9.99. The molecule has 1 aromatic carbocycles. The quantitative estimate of drug-likeness (QED) is 0.242. The maximum atomic E-state index is 11.9. The summed E-state index contributed by atoms with van der Waals surface area (Å²) in [5.74, 6) is 0.884. The number of benzene rings is 1. The number of nitrogens with one attached hydrogen (secondary N) is 2. The third-order valence-corrected chi connectivity index (χ3v) is 3.15. The van der Waals surface area contributed by atoms with Crippen molar-refractivity contribution in [3.8, 4) is 0 Å². The van der Waals surface area contributed by atoms with Crippen molar-refractivity contribution < 1.29 is 4.79 Å². The molecule has 0 fully saturated rings. The number of carbonyl (C=O) groups excluding carboxylic acids is 1. The number of hydrogen-bond acceptors (Lipinski definition) is 2. The molecule has 0 aliphatic carbocycles. The first-order valence-corrected chi connectivity index (χ1v) is 7.86. The second-order valence-electron chi connectivity index (χ2n) is 5.17. The number of hydrogen-bond donors (Lipinski definition) is 3. The molecule has 0 bridgehead atoms. The number of aliphatic imine (C=N–C) groups is 1. The van der Waals surface area contributed by atoms with Crippen LogP contribution >= 0.6 is 39.9 Å². The fraction of sp³-hybridized carbons (Fsp3) is 0.467. The molecule has 0 atom stereocenters. The highest BCUT2D eigenvalue weighted by molar-refractivity contribution is 14.0. The molecule has 1 amide bonds. The summed E-state index contributed by atoms with van der Waals surface area (Å²) < 4.78 is 0.894. The number of carbonyl (C=O) groups is 1. The molecular weight excluding hydrogens is 459 g/mol. The number of amides is 1. The van der Waals surface area contributed by atoms with Crippen LogP contribution < -0.4 is 16.4 Å². The van der Waals surface area contributed by atoms with Gasteiger partial charge in [-0.25, -0.2) is 0 Å². The van der Waals surface area contributed by atoms with E-state index in [-0.39, 0.29) is 29.9 Å². The summed E-state index contributed by atoms with van der Waals surface area (Å²) in [5.41, 5.74) is 6.37. The molecule has 0 aliphatic heterocycles. The zero-order valence-corrected chi connectivity index (χ0v) is 16.9. The largest absolute Gasteiger partial charge is 0.370 e. The Kier molecular flexibility index (Phi) is 11.3. The Hall–Kier alpha value is -0.830. The summed E-state index contributed by atoms with van der Waals surface area (Å²) in [6.45, 7) is 6.18. The Morgan fingerprint density at radius 2 is 2.00 bits per heavy atom. The van der Waals surface area contributed by atoms with E-state index < -0.39 is 0 Å². The van der Waals surface area contributed by atoms with Gasteiger partial charge in [0.05, 0.1) is 0 Å². The summed E-state index contributed by atoms with van der Waals surface area (Å²) in [6.07, 6.45) is 0.789. The number of halogens is 2. The fourth-order valence-electron chi connectivity index (χ4n) is 1.58. The van der Waals surface area contributed by atoms with Gasteiger partial charge in [0.25, 0.3) is 5.91 Å². The molecule has 5 nitrogen and oxygen atoms in total. The normalized spacial score (nSPS) is 11.0. The molecule has 0 radical (unpaired) electrons. The van der Waals surface area contributed by atoms with E-state index >= 15 is 0 Å². The SMILES string of the molecule is CC(C)CN=C(N)NCCCNC(=O)c1cccc(Br)c1.I. The monoisotopic (exact) mass is 482 g/mol. The van der Waals surface area contributed by atoms with Crippen LogP contribution in [0.3, 0.4) is 0 Å². The van der Waals surface area contributed by atoms with Crippen LogP contribution in [0.1, 0.15) is 30.6 Å². The highest BCUT2D eigenvalue weighted by Crippen LogP contribution is 2.11. The minimum Gasteiger partial charge on any atom is -0.370 e. The van der Waals surface area contributed by atoms with Crippen molar-refractivity contribution in [2.75, 3.05) is 19.6 Å². The second-order valence-corrected chi connectivity index (χ2v) is 6.08. The van der Waals surface area contributed by atoms with E-state index in [1.165, 1.54) is 0 Å². The number of nitrogens with two attached hydrogens (primary N) is 1. The van der Waals surface area contributed by atoms with Gasteiger partial charge in [0.2, 0.25) is 0 Å². The van der Waals surface area contributed by atoms with Gasteiger partial charge in [0, 0.05) is 29.7 Å². The van der Waals surface area contributed by atoms with E-state index in [4.69, 9.17) is 5.73 Å². The molecule has 0 aromatic heterocycles. The zero-order valence-electron chi connectivity index (χ0n) is 12.9. The van der Waals surface area contributed by atoms with Gasteiger partial charge in [0.15, 0.2) is 5.96 Å². The van der Waals surface area contributed by atoms with E-state index in [2.05, 4.69) is 45.4 Å². The van der Waals surface area contributed by atoms with Crippen LogP contribution in [0.25, 0.3) is 0 Å². The molecule has 0 aliphatic rings. The predicted octanol–water partition coefficient (Wildman–Crippen LogP) is 2.75. The Morgan fingerprint density at radius 3 is 2.64 bits per heavy atom. The molecule has 7 heteroatoms. The molecule has 1 rings (SSSR count). The van der Waals surface area contributed by atoms with Crippen LogP contribution in [0.15, 0.2) is 33.7 Å². The van der Waals surface area contributed by atoms with E-state index in [0.717, 1.165) is 17.4 Å². The maximum absolute atomic E-state index is 11.9. The van der Waals surface area contributed by atoms with Crippen LogP contribution in [0.4, 0.5) is 0 Å². The van der Waals surface area contributed by atoms with Crippen LogP contribution in [-0.2, 0) is 0 Å². The number of rotatable bonds is 7. The van der Waals surface area contributed by atoms with Gasteiger partial charge in [0.1, 0.15) is 0 Å². The molecule has 0 saturated heterocycles. The molecular formula is C15H24BrIN4O. The maximum Gasteiger partial charge on any atom is 0.251 e. The van der Waals surface area contributed by atoms with Crippen molar-refractivity contribution in [1.82, 2.24) is 10.6 Å². The lowest BCUT2D eigenvalue weighted by molar-refractivity contribution is 0.0953. The predicted molar refractivity (Wildman–Crippen MR) is 106 cm³/mol. The van der Waals surface area contributed by atoms with Gasteiger partial charge >= 0.3 is 0 Å². The van der Waals surface area contributed by atoms with Crippen LogP contribution in [-0.4, -0.2) is 31.5 Å². The van der Waals surface area contributed by atoms with Crippen molar-refractivity contribution in [3.63, 3.8) is 0 Å². The minimum absolute atomic E-state index is 0. The lowest BCUT2D eigenvalue weighted by atomic mass is 10.2. The van der Waals surface area contributed by atoms with Gasteiger partial charge in [-0.3, -0.25) is 9.79 Å². The first kappa shape index (κ1) is 21.2. The van der Waals surface area contributed by atoms with Gasteiger partial charge in [-0.15, -0.1) is 24.0 Å². The Bertz CT molecular complexity index is 494. The third kappa shape index (κ3) is 9.24. The number of guanidine groups is 1. The van der Waals surface area contributed by atoms with Crippen molar-refractivity contribution in [1.29, 1.82) is 0 Å². The Labute approximate surface area is 157 Å². The second kappa shape index (κ2) is 11.7. The molecule has 0 saturated carbocycles. The fourth-order valence-corrected chi connectivity index (χ4v) is 1.97. The zero-order chi connectivity index (χ0) is 15.7. The van der Waals surface area contributed by atoms with Gasteiger partial charge in [-0.1, -0.05) is 35.8 Å². The van der Waals surface area contributed by atoms with Crippen molar-refractivity contribution in [2.24, 2.45) is 16.6 Å². The summed E-state index contributed by atoms with van der Waals surface area (Å²) in [6, 6.07) is 7.31. The smallest absolute Gasteiger partial charge is 0.251 e. The topological polar surface area (TPSA) is 79.5 Å². The lowest BCUT2D eigenvalue weighted by Gasteiger charge is -2.08. The van der Waals surface area contributed by atoms with Crippen molar-refractivity contribution in [3.05, 3.63) is 34.3 Å². The molecule has 0 spiro atoms. The van der Waals surface area contributed by atoms with Crippen LogP contribution in [0, 0.1) is 5.92 Å². The summed E-state index contributed by atoms with van der Waals surface area (Å²) in [7, 11) is 0. The van der Waals surface area contributed by atoms with Gasteiger partial charge in [-0.05, 0) is 30.5 Å². The van der Waals surface area contributed by atoms with Crippen LogP contribution in [0.2, 0.25) is 0 Å². The standard InChI is InChI=1S/C15H23BrN4O.HI/c1-11(2)10-20-15(17)19-8-4-7-18-14(21)12-5-3-6-13(16)9-12;/h3,5-6,9,11H,4,7-8,10H2,1-2H3,(H,18,21)(H3,17,19,20);1H. The molecule has 124 valence electrons. The highest BCUT2D eigenvalue weighted by atomic mass is 127. The molecule has 0 unspecified atom stereocenters. The average molecular weight is 483 g/mol. The van der Waals surface area contributed by atoms with Gasteiger partial charge < -0.3 is 16.4 Å². The summed E-state index contributed by atoms with van der Waals surface area (Å²) in [5, 5.41) is 5.90. The van der Waals surface area contributed by atoms with E-state index in [9.17, 15) is 4.79 Å². The molecule has 1 aromatic rings. The molecule has 22 heavy (non-hydrogen) atoms. The summed E-state index contributed by atoms with van der Waals surface area (Å²) >= 11 is 3.35. The highest BCUT2D eigenvalue weighted by Gasteiger charge is 2.04. The van der Waals surface area contributed by atoms with Gasteiger partial charge in [-0.2, -0.15) is 0 Å². The third-order valence-electron chi connectivity index (χ3n) is 2.66. The molecule has 4 N–H and O–H groups in total. The first-order valence-electron chi connectivity index (χ1n) is 7.06. The number of nitrogens with zero attached hydrogens (tertiary/aromatic N) is 1. The van der Waals surface area contributed by atoms with E-state index in [1.54, 1.807) is 12.1 Å². The van der Waals surface area contributed by atoms with E-state index in [1.807, 2.05) is 12.1 Å². The minimum atomic E-state index is -0.0715.